The van der Waals surface area contributed by atoms with Crippen LogP contribution in [-0.4, -0.2) is 16.3 Å². The molecule has 2 aromatic rings. The van der Waals surface area contributed by atoms with Crippen molar-refractivity contribution in [3.63, 3.8) is 0 Å². The molecule has 0 fully saturated rings. The van der Waals surface area contributed by atoms with Crippen molar-refractivity contribution >= 4 is 0 Å². The van der Waals surface area contributed by atoms with E-state index in [9.17, 15) is 4.39 Å². The molecule has 1 heterocycles. The molecule has 0 saturated carbocycles. The Morgan fingerprint density at radius 2 is 2.05 bits per heavy atom. The Morgan fingerprint density at radius 1 is 1.30 bits per heavy atom. The van der Waals surface area contributed by atoms with Crippen LogP contribution in [0.15, 0.2) is 30.5 Å². The molecule has 0 aliphatic carbocycles. The first-order valence-electron chi connectivity index (χ1n) is 7.14. The number of hydrogen-bond donors (Lipinski definition) is 1. The molecule has 0 aliphatic rings. The predicted octanol–water partition coefficient (Wildman–Crippen LogP) is 3.01. The fraction of sp³-hybridized carbons (Fsp3) is 0.438. The second kappa shape index (κ2) is 6.66. The highest BCUT2D eigenvalue weighted by Gasteiger charge is 2.18. The standard InChI is InChI=1S/C16H22FN3/c1-4-15-13(11-20(3)19-15)16(18-5-2)10-12-8-6-7-9-14(12)17/h6-9,11,16,18H,4-5,10H2,1-3H3. The molecule has 1 aromatic carbocycles. The van der Waals surface area contributed by atoms with Crippen LogP contribution >= 0.6 is 0 Å². The number of halogens is 1. The summed E-state index contributed by atoms with van der Waals surface area (Å²) in [5.41, 5.74) is 2.99. The molecule has 1 atom stereocenters. The van der Waals surface area contributed by atoms with Crippen molar-refractivity contribution in [2.75, 3.05) is 6.54 Å². The van der Waals surface area contributed by atoms with Crippen LogP contribution in [0.1, 0.15) is 36.7 Å². The number of nitrogens with one attached hydrogen (secondary N) is 1. The van der Waals surface area contributed by atoms with Gasteiger partial charge in [0.1, 0.15) is 5.82 Å². The number of aromatic nitrogens is 2. The Labute approximate surface area is 119 Å². The average Bonchev–Trinajstić information content (AvgIpc) is 2.82. The molecule has 3 nitrogen and oxygen atoms in total. The van der Waals surface area contributed by atoms with E-state index in [1.54, 1.807) is 6.07 Å². The second-order valence-electron chi connectivity index (χ2n) is 4.96. The fourth-order valence-electron chi connectivity index (χ4n) is 2.54. The minimum Gasteiger partial charge on any atom is -0.310 e. The summed E-state index contributed by atoms with van der Waals surface area (Å²) in [5, 5.41) is 7.92. The van der Waals surface area contributed by atoms with Gasteiger partial charge in [0.2, 0.25) is 0 Å². The molecule has 108 valence electrons. The van der Waals surface area contributed by atoms with E-state index < -0.39 is 0 Å². The molecule has 1 N–H and O–H groups in total. The predicted molar refractivity (Wildman–Crippen MR) is 79.1 cm³/mol. The van der Waals surface area contributed by atoms with Crippen LogP contribution in [0.5, 0.6) is 0 Å². The third-order valence-corrected chi connectivity index (χ3v) is 3.48. The van der Waals surface area contributed by atoms with Gasteiger partial charge in [0.15, 0.2) is 0 Å². The van der Waals surface area contributed by atoms with E-state index in [-0.39, 0.29) is 11.9 Å². The van der Waals surface area contributed by atoms with Crippen molar-refractivity contribution in [2.45, 2.75) is 32.7 Å². The molecule has 1 unspecified atom stereocenters. The van der Waals surface area contributed by atoms with Crippen molar-refractivity contribution in [3.05, 3.63) is 53.1 Å². The number of rotatable bonds is 6. The zero-order valence-corrected chi connectivity index (χ0v) is 12.4. The number of nitrogens with zero attached hydrogens (tertiary/aromatic N) is 2. The van der Waals surface area contributed by atoms with Gasteiger partial charge in [-0.05, 0) is 31.0 Å². The molecule has 20 heavy (non-hydrogen) atoms. The maximum atomic E-state index is 13.8. The van der Waals surface area contributed by atoms with Gasteiger partial charge in [-0.15, -0.1) is 0 Å². The van der Waals surface area contributed by atoms with Gasteiger partial charge in [0, 0.05) is 24.8 Å². The van der Waals surface area contributed by atoms with E-state index in [2.05, 4.69) is 24.3 Å². The summed E-state index contributed by atoms with van der Waals surface area (Å²) in [5.74, 6) is -0.141. The molecule has 4 heteroatoms. The highest BCUT2D eigenvalue weighted by atomic mass is 19.1. The summed E-state index contributed by atoms with van der Waals surface area (Å²) in [6, 6.07) is 7.07. The summed E-state index contributed by atoms with van der Waals surface area (Å²) in [7, 11) is 1.93. The van der Waals surface area contributed by atoms with E-state index in [0.717, 1.165) is 24.2 Å². The summed E-state index contributed by atoms with van der Waals surface area (Å²) in [6.07, 6.45) is 3.56. The van der Waals surface area contributed by atoms with E-state index in [1.807, 2.05) is 30.1 Å². The summed E-state index contributed by atoms with van der Waals surface area (Å²) < 4.78 is 15.7. The van der Waals surface area contributed by atoms with Crippen LogP contribution < -0.4 is 5.32 Å². The lowest BCUT2D eigenvalue weighted by Crippen LogP contribution is -2.24. The lowest BCUT2D eigenvalue weighted by atomic mass is 9.98. The first kappa shape index (κ1) is 14.7. The van der Waals surface area contributed by atoms with Gasteiger partial charge < -0.3 is 5.32 Å². The quantitative estimate of drug-likeness (QED) is 0.878. The Bertz CT molecular complexity index is 563. The minimum absolute atomic E-state index is 0.0977. The number of benzene rings is 1. The van der Waals surface area contributed by atoms with Crippen molar-refractivity contribution in [1.29, 1.82) is 0 Å². The SMILES string of the molecule is CCNC(Cc1ccccc1F)c1cn(C)nc1CC. The number of likely N-dealkylation sites (N-methyl/N-ethyl adjacent to an activating group) is 1. The van der Waals surface area contributed by atoms with Crippen molar-refractivity contribution in [3.8, 4) is 0 Å². The molecule has 2 rings (SSSR count). The van der Waals surface area contributed by atoms with Gasteiger partial charge in [-0.1, -0.05) is 32.0 Å². The lowest BCUT2D eigenvalue weighted by molar-refractivity contribution is 0.525. The molecule has 0 amide bonds. The van der Waals surface area contributed by atoms with Gasteiger partial charge in [-0.2, -0.15) is 5.10 Å². The van der Waals surface area contributed by atoms with E-state index in [4.69, 9.17) is 0 Å². The van der Waals surface area contributed by atoms with E-state index in [1.165, 1.54) is 11.6 Å². The third-order valence-electron chi connectivity index (χ3n) is 3.48. The van der Waals surface area contributed by atoms with Crippen LogP contribution in [0.25, 0.3) is 0 Å². The molecule has 0 radical (unpaired) electrons. The summed E-state index contributed by atoms with van der Waals surface area (Å²) in [6.45, 7) is 5.01. The molecular formula is C16H22FN3. The Balaban J connectivity index is 2.29. The third kappa shape index (κ3) is 3.25. The van der Waals surface area contributed by atoms with Gasteiger partial charge >= 0.3 is 0 Å². The van der Waals surface area contributed by atoms with Gasteiger partial charge in [0.25, 0.3) is 0 Å². The van der Waals surface area contributed by atoms with E-state index >= 15 is 0 Å². The Hall–Kier alpha value is -1.68. The van der Waals surface area contributed by atoms with Gasteiger partial charge in [-0.25, -0.2) is 4.39 Å². The molecular weight excluding hydrogens is 253 g/mol. The zero-order valence-electron chi connectivity index (χ0n) is 12.4. The van der Waals surface area contributed by atoms with Crippen LogP contribution in [0, 0.1) is 5.82 Å². The maximum Gasteiger partial charge on any atom is 0.126 e. The second-order valence-corrected chi connectivity index (χ2v) is 4.96. The van der Waals surface area contributed by atoms with Crippen molar-refractivity contribution in [2.24, 2.45) is 7.05 Å². The molecule has 0 aliphatic heterocycles. The zero-order chi connectivity index (χ0) is 14.5. The first-order chi connectivity index (χ1) is 9.65. The highest BCUT2D eigenvalue weighted by Crippen LogP contribution is 2.23. The number of hydrogen-bond acceptors (Lipinski definition) is 2. The lowest BCUT2D eigenvalue weighted by Gasteiger charge is -2.18. The van der Waals surface area contributed by atoms with Crippen LogP contribution in [-0.2, 0) is 19.9 Å². The summed E-state index contributed by atoms with van der Waals surface area (Å²) in [4.78, 5) is 0. The van der Waals surface area contributed by atoms with E-state index in [0.29, 0.717) is 6.42 Å². The van der Waals surface area contributed by atoms with Crippen LogP contribution in [0.2, 0.25) is 0 Å². The number of aryl methyl sites for hydroxylation is 2. The van der Waals surface area contributed by atoms with Gasteiger partial charge in [-0.3, -0.25) is 4.68 Å². The minimum atomic E-state index is -0.141. The summed E-state index contributed by atoms with van der Waals surface area (Å²) >= 11 is 0. The topological polar surface area (TPSA) is 29.9 Å². The Kier molecular flexibility index (Phi) is 4.90. The molecule has 1 aromatic heterocycles. The first-order valence-corrected chi connectivity index (χ1v) is 7.14. The van der Waals surface area contributed by atoms with Gasteiger partial charge in [0.05, 0.1) is 5.69 Å². The van der Waals surface area contributed by atoms with Crippen LogP contribution in [0.3, 0.4) is 0 Å². The monoisotopic (exact) mass is 275 g/mol. The molecule has 0 bridgehead atoms. The van der Waals surface area contributed by atoms with Crippen LogP contribution in [0.4, 0.5) is 4.39 Å². The van der Waals surface area contributed by atoms with Crippen molar-refractivity contribution < 1.29 is 4.39 Å². The normalized spacial score (nSPS) is 12.6. The smallest absolute Gasteiger partial charge is 0.126 e. The average molecular weight is 275 g/mol. The highest BCUT2D eigenvalue weighted by molar-refractivity contribution is 5.26. The largest absolute Gasteiger partial charge is 0.310 e. The fourth-order valence-corrected chi connectivity index (χ4v) is 2.54. The Morgan fingerprint density at radius 3 is 2.70 bits per heavy atom. The molecule has 0 saturated heterocycles. The maximum absolute atomic E-state index is 13.8. The van der Waals surface area contributed by atoms with Crippen molar-refractivity contribution in [1.82, 2.24) is 15.1 Å². The molecule has 0 spiro atoms.